The summed E-state index contributed by atoms with van der Waals surface area (Å²) >= 11 is 0. The number of nitrogens with zero attached hydrogens (tertiary/aromatic N) is 1. The molecule has 1 amide bonds. The van der Waals surface area contributed by atoms with Crippen LogP contribution in [0.1, 0.15) is 12.8 Å². The van der Waals surface area contributed by atoms with Gasteiger partial charge in [0.15, 0.2) is 0 Å². The van der Waals surface area contributed by atoms with Crippen LogP contribution in [0.15, 0.2) is 23.1 Å². The van der Waals surface area contributed by atoms with E-state index < -0.39 is 10.0 Å². The lowest BCUT2D eigenvalue weighted by atomic mass is 10.1. The molecule has 0 saturated carbocycles. The Morgan fingerprint density at radius 1 is 1.38 bits per heavy atom. The molecule has 4 N–H and O–H groups in total. The van der Waals surface area contributed by atoms with Gasteiger partial charge in [-0.2, -0.15) is 0 Å². The second-order valence-electron chi connectivity index (χ2n) is 5.11. The predicted octanol–water partition coefficient (Wildman–Crippen LogP) is 0.210. The number of likely N-dealkylation sites (N-methyl/N-ethyl adjacent to an activating group) is 1. The van der Waals surface area contributed by atoms with Crippen LogP contribution in [-0.2, 0) is 14.8 Å². The van der Waals surface area contributed by atoms with Gasteiger partial charge in [-0.3, -0.25) is 4.79 Å². The Kier molecular flexibility index (Phi) is 4.38. The van der Waals surface area contributed by atoms with E-state index in [0.717, 1.165) is 0 Å². The largest absolute Gasteiger partial charge is 0.397 e. The highest BCUT2D eigenvalue weighted by Crippen LogP contribution is 2.25. The van der Waals surface area contributed by atoms with Crippen molar-refractivity contribution in [2.45, 2.75) is 23.8 Å². The third-order valence-electron chi connectivity index (χ3n) is 3.59. The van der Waals surface area contributed by atoms with Gasteiger partial charge in [0.1, 0.15) is 0 Å². The maximum Gasteiger partial charge on any atom is 0.240 e. The molecular weight excluding hydrogens is 292 g/mol. The summed E-state index contributed by atoms with van der Waals surface area (Å²) in [5.74, 6) is 0.118. The summed E-state index contributed by atoms with van der Waals surface area (Å²) in [6.45, 7) is 0.571. The zero-order valence-corrected chi connectivity index (χ0v) is 12.9. The van der Waals surface area contributed by atoms with Crippen LogP contribution in [0.3, 0.4) is 0 Å². The maximum atomic E-state index is 11.8. The Balaban J connectivity index is 2.20. The molecule has 2 rings (SSSR count). The molecule has 1 aliphatic rings. The Morgan fingerprint density at radius 3 is 2.71 bits per heavy atom. The number of carbonyl (C=O) groups excluding carboxylic acids is 1. The van der Waals surface area contributed by atoms with Crippen molar-refractivity contribution in [3.63, 3.8) is 0 Å². The average Bonchev–Trinajstić information content (AvgIpc) is 2.45. The van der Waals surface area contributed by atoms with Gasteiger partial charge in [-0.05, 0) is 31.7 Å². The SMILES string of the molecule is CNS(=O)(=O)c1ccc(N)c(NC2CCC(=O)N(C)C2)c1. The number of likely N-dealkylation sites (tertiary alicyclic amines) is 1. The number of amides is 1. The lowest BCUT2D eigenvalue weighted by Crippen LogP contribution is -2.43. The zero-order chi connectivity index (χ0) is 15.6. The number of nitrogens with two attached hydrogens (primary N) is 1. The molecule has 1 aromatic rings. The molecular formula is C13H20N4O3S. The normalized spacial score (nSPS) is 19.6. The van der Waals surface area contributed by atoms with Crippen molar-refractivity contribution < 1.29 is 13.2 Å². The van der Waals surface area contributed by atoms with Crippen molar-refractivity contribution >= 4 is 27.3 Å². The lowest BCUT2D eigenvalue weighted by molar-refractivity contribution is -0.132. The van der Waals surface area contributed by atoms with Crippen molar-refractivity contribution in [1.82, 2.24) is 9.62 Å². The van der Waals surface area contributed by atoms with Crippen molar-refractivity contribution in [1.29, 1.82) is 0 Å². The molecule has 1 heterocycles. The number of carbonyl (C=O) groups is 1. The van der Waals surface area contributed by atoms with Crippen LogP contribution in [0, 0.1) is 0 Å². The quantitative estimate of drug-likeness (QED) is 0.689. The van der Waals surface area contributed by atoms with Gasteiger partial charge in [0.2, 0.25) is 15.9 Å². The molecule has 8 heteroatoms. The van der Waals surface area contributed by atoms with Gasteiger partial charge in [-0.15, -0.1) is 0 Å². The molecule has 1 unspecified atom stereocenters. The number of sulfonamides is 1. The van der Waals surface area contributed by atoms with E-state index in [-0.39, 0.29) is 16.8 Å². The van der Waals surface area contributed by atoms with Crippen LogP contribution in [0.25, 0.3) is 0 Å². The minimum absolute atomic E-state index is 0.0579. The average molecular weight is 312 g/mol. The Labute approximate surface area is 124 Å². The van der Waals surface area contributed by atoms with E-state index in [4.69, 9.17) is 5.73 Å². The van der Waals surface area contributed by atoms with Gasteiger partial charge in [0.25, 0.3) is 0 Å². The Morgan fingerprint density at radius 2 is 2.10 bits per heavy atom. The Hall–Kier alpha value is -1.80. The Bertz CT molecular complexity index is 645. The summed E-state index contributed by atoms with van der Waals surface area (Å²) in [5, 5.41) is 3.23. The van der Waals surface area contributed by atoms with Gasteiger partial charge in [0, 0.05) is 26.1 Å². The van der Waals surface area contributed by atoms with Gasteiger partial charge >= 0.3 is 0 Å². The van der Waals surface area contributed by atoms with E-state index in [0.29, 0.717) is 30.8 Å². The van der Waals surface area contributed by atoms with Gasteiger partial charge in [-0.25, -0.2) is 13.1 Å². The zero-order valence-electron chi connectivity index (χ0n) is 12.1. The molecule has 116 valence electrons. The number of nitrogens with one attached hydrogen (secondary N) is 2. The van der Waals surface area contributed by atoms with E-state index >= 15 is 0 Å². The fraction of sp³-hybridized carbons (Fsp3) is 0.462. The molecule has 1 aliphatic heterocycles. The number of anilines is 2. The minimum atomic E-state index is -3.51. The smallest absolute Gasteiger partial charge is 0.240 e. The van der Waals surface area contributed by atoms with E-state index in [9.17, 15) is 13.2 Å². The monoisotopic (exact) mass is 312 g/mol. The summed E-state index contributed by atoms with van der Waals surface area (Å²) in [7, 11) is -0.395. The second kappa shape index (κ2) is 5.90. The highest BCUT2D eigenvalue weighted by atomic mass is 32.2. The molecule has 1 atom stereocenters. The lowest BCUT2D eigenvalue weighted by Gasteiger charge is -2.31. The van der Waals surface area contributed by atoms with Crippen LogP contribution in [0.4, 0.5) is 11.4 Å². The standard InChI is InChI=1S/C13H20N4O3S/c1-15-21(19,20)10-4-5-11(14)12(7-10)16-9-3-6-13(18)17(2)8-9/h4-5,7,9,15-16H,3,6,8,14H2,1-2H3. The number of piperidine rings is 1. The van der Waals surface area contributed by atoms with Gasteiger partial charge in [0.05, 0.1) is 16.3 Å². The van der Waals surface area contributed by atoms with E-state index in [1.54, 1.807) is 18.0 Å². The van der Waals surface area contributed by atoms with Crippen LogP contribution >= 0.6 is 0 Å². The first kappa shape index (κ1) is 15.6. The van der Waals surface area contributed by atoms with Crippen molar-refractivity contribution in [3.05, 3.63) is 18.2 Å². The van der Waals surface area contributed by atoms with Crippen LogP contribution in [-0.4, -0.2) is 45.9 Å². The van der Waals surface area contributed by atoms with Gasteiger partial charge in [-0.1, -0.05) is 0 Å². The predicted molar refractivity (Wildman–Crippen MR) is 81.4 cm³/mol. The van der Waals surface area contributed by atoms with Crippen molar-refractivity contribution in [2.75, 3.05) is 31.7 Å². The molecule has 0 radical (unpaired) electrons. The highest BCUT2D eigenvalue weighted by molar-refractivity contribution is 7.89. The maximum absolute atomic E-state index is 11.8. The van der Waals surface area contributed by atoms with Crippen molar-refractivity contribution in [3.8, 4) is 0 Å². The third kappa shape index (κ3) is 3.45. The first-order valence-electron chi connectivity index (χ1n) is 6.67. The third-order valence-corrected chi connectivity index (χ3v) is 5.00. The van der Waals surface area contributed by atoms with E-state index in [1.165, 1.54) is 19.2 Å². The summed E-state index contributed by atoms with van der Waals surface area (Å²) in [6.07, 6.45) is 1.17. The molecule has 0 bridgehead atoms. The molecule has 0 spiro atoms. The van der Waals surface area contributed by atoms with Crippen molar-refractivity contribution in [2.24, 2.45) is 0 Å². The number of hydrogen-bond donors (Lipinski definition) is 3. The molecule has 0 aliphatic carbocycles. The second-order valence-corrected chi connectivity index (χ2v) is 7.00. The number of rotatable bonds is 4. The fourth-order valence-corrected chi connectivity index (χ4v) is 3.05. The topological polar surface area (TPSA) is 105 Å². The molecule has 1 saturated heterocycles. The number of hydrogen-bond acceptors (Lipinski definition) is 5. The number of benzene rings is 1. The first-order chi connectivity index (χ1) is 9.83. The van der Waals surface area contributed by atoms with Crippen LogP contribution in [0.5, 0.6) is 0 Å². The first-order valence-corrected chi connectivity index (χ1v) is 8.15. The molecule has 0 aromatic heterocycles. The summed E-state index contributed by atoms with van der Waals surface area (Å²) in [5.41, 5.74) is 6.94. The van der Waals surface area contributed by atoms with Crippen LogP contribution in [0.2, 0.25) is 0 Å². The summed E-state index contributed by atoms with van der Waals surface area (Å²) in [4.78, 5) is 13.3. The minimum Gasteiger partial charge on any atom is -0.397 e. The van der Waals surface area contributed by atoms with Gasteiger partial charge < -0.3 is 16.0 Å². The molecule has 7 nitrogen and oxygen atoms in total. The van der Waals surface area contributed by atoms with Crippen LogP contribution < -0.4 is 15.8 Å². The summed E-state index contributed by atoms with van der Waals surface area (Å²) in [6, 6.07) is 4.59. The molecule has 1 aromatic carbocycles. The summed E-state index contributed by atoms with van der Waals surface area (Å²) < 4.78 is 25.9. The highest BCUT2D eigenvalue weighted by Gasteiger charge is 2.23. The fourth-order valence-electron chi connectivity index (χ4n) is 2.30. The van der Waals surface area contributed by atoms with E-state index in [2.05, 4.69) is 10.0 Å². The molecule has 21 heavy (non-hydrogen) atoms. The molecule has 1 fully saturated rings. The van der Waals surface area contributed by atoms with E-state index in [1.807, 2.05) is 0 Å². The number of nitrogen functional groups attached to an aromatic ring is 1.